The summed E-state index contributed by atoms with van der Waals surface area (Å²) in [5, 5.41) is 0. The largest absolute Gasteiger partial charge is 0.416 e. The Morgan fingerprint density at radius 1 is 1.07 bits per heavy atom. The molecule has 8 heteroatoms. The molecule has 3 rings (SSSR count). The van der Waals surface area contributed by atoms with Crippen molar-refractivity contribution in [2.24, 2.45) is 0 Å². The lowest BCUT2D eigenvalue weighted by atomic mass is 10.1. The van der Waals surface area contributed by atoms with Crippen LogP contribution in [0.2, 0.25) is 0 Å². The lowest BCUT2D eigenvalue weighted by Crippen LogP contribution is -2.36. The molecule has 1 saturated heterocycles. The number of hydrogen-bond acceptors (Lipinski definition) is 4. The lowest BCUT2D eigenvalue weighted by Gasteiger charge is -2.24. The first kappa shape index (κ1) is 21.1. The minimum Gasteiger partial charge on any atom is -0.362 e. The van der Waals surface area contributed by atoms with Crippen LogP contribution in [0.4, 0.5) is 19.0 Å². The van der Waals surface area contributed by atoms with E-state index in [0.717, 1.165) is 30.7 Å². The van der Waals surface area contributed by atoms with Gasteiger partial charge < -0.3 is 9.80 Å². The molecule has 0 unspecified atom stereocenters. The van der Waals surface area contributed by atoms with Crippen molar-refractivity contribution >= 4 is 11.7 Å². The van der Waals surface area contributed by atoms with Gasteiger partial charge in [-0.25, -0.2) is 4.98 Å². The number of anilines is 1. The first-order valence-electron chi connectivity index (χ1n) is 9.56. The van der Waals surface area contributed by atoms with E-state index in [4.69, 9.17) is 0 Å². The fourth-order valence-corrected chi connectivity index (χ4v) is 3.48. The lowest BCUT2D eigenvalue weighted by molar-refractivity contribution is -0.137. The highest BCUT2D eigenvalue weighted by Crippen LogP contribution is 2.29. The third kappa shape index (κ3) is 5.26. The molecule has 156 valence electrons. The Morgan fingerprint density at radius 2 is 1.79 bits per heavy atom. The van der Waals surface area contributed by atoms with E-state index in [1.54, 1.807) is 18.3 Å². The topological polar surface area (TPSA) is 39.7 Å². The molecule has 1 aromatic carbocycles. The predicted octanol–water partition coefficient (Wildman–Crippen LogP) is 3.51. The van der Waals surface area contributed by atoms with Crippen molar-refractivity contribution in [3.8, 4) is 0 Å². The van der Waals surface area contributed by atoms with Gasteiger partial charge in [0.2, 0.25) is 0 Å². The van der Waals surface area contributed by atoms with Crippen LogP contribution in [0.1, 0.15) is 27.9 Å². The molecule has 2 aromatic rings. The number of alkyl halides is 3. The van der Waals surface area contributed by atoms with Crippen LogP contribution < -0.4 is 4.90 Å². The summed E-state index contributed by atoms with van der Waals surface area (Å²) in [4.78, 5) is 23.1. The van der Waals surface area contributed by atoms with Crippen LogP contribution in [0.25, 0.3) is 0 Å². The smallest absolute Gasteiger partial charge is 0.362 e. The van der Waals surface area contributed by atoms with Crippen molar-refractivity contribution in [1.29, 1.82) is 0 Å². The summed E-state index contributed by atoms with van der Waals surface area (Å²) in [6.45, 7) is 3.24. The van der Waals surface area contributed by atoms with Gasteiger partial charge in [0.1, 0.15) is 5.82 Å². The summed E-state index contributed by atoms with van der Waals surface area (Å²) in [6, 6.07) is 8.83. The Labute approximate surface area is 168 Å². The quantitative estimate of drug-likeness (QED) is 0.779. The third-order valence-corrected chi connectivity index (χ3v) is 5.00. The molecule has 0 radical (unpaired) electrons. The fourth-order valence-electron chi connectivity index (χ4n) is 3.48. The van der Waals surface area contributed by atoms with Gasteiger partial charge in [0.05, 0.1) is 11.1 Å². The third-order valence-electron chi connectivity index (χ3n) is 5.00. The van der Waals surface area contributed by atoms with E-state index in [0.29, 0.717) is 37.6 Å². The van der Waals surface area contributed by atoms with Gasteiger partial charge >= 0.3 is 6.18 Å². The second-order valence-electron chi connectivity index (χ2n) is 7.39. The van der Waals surface area contributed by atoms with Crippen LogP contribution in [-0.2, 0) is 12.7 Å². The summed E-state index contributed by atoms with van der Waals surface area (Å²) in [7, 11) is 3.71. The second kappa shape index (κ2) is 8.82. The van der Waals surface area contributed by atoms with Gasteiger partial charge in [0.15, 0.2) is 0 Å². The molecule has 1 fully saturated rings. The fraction of sp³-hybridized carbons (Fsp3) is 0.429. The van der Waals surface area contributed by atoms with Gasteiger partial charge in [-0.05, 0) is 36.2 Å². The zero-order valence-corrected chi connectivity index (χ0v) is 16.6. The maximum Gasteiger partial charge on any atom is 0.416 e. The summed E-state index contributed by atoms with van der Waals surface area (Å²) < 4.78 is 38.1. The summed E-state index contributed by atoms with van der Waals surface area (Å²) >= 11 is 0. The molecule has 1 aromatic heterocycles. The normalized spacial score (nSPS) is 15.8. The van der Waals surface area contributed by atoms with E-state index in [1.807, 2.05) is 23.9 Å². The molecule has 0 atom stereocenters. The molecule has 0 saturated carbocycles. The van der Waals surface area contributed by atoms with E-state index in [-0.39, 0.29) is 5.91 Å². The van der Waals surface area contributed by atoms with Crippen LogP contribution in [0, 0.1) is 0 Å². The Balaban J connectivity index is 1.63. The second-order valence-corrected chi connectivity index (χ2v) is 7.39. The zero-order valence-electron chi connectivity index (χ0n) is 16.6. The van der Waals surface area contributed by atoms with E-state index in [1.165, 1.54) is 12.1 Å². The number of aromatic nitrogens is 1. The molecule has 5 nitrogen and oxygen atoms in total. The van der Waals surface area contributed by atoms with Crippen molar-refractivity contribution < 1.29 is 18.0 Å². The van der Waals surface area contributed by atoms with Gasteiger partial charge in [-0.2, -0.15) is 13.2 Å². The van der Waals surface area contributed by atoms with Gasteiger partial charge in [0, 0.05) is 53.0 Å². The molecular weight excluding hydrogens is 381 g/mol. The van der Waals surface area contributed by atoms with Gasteiger partial charge in [-0.1, -0.05) is 12.1 Å². The number of hydrogen-bond donors (Lipinski definition) is 0. The zero-order chi connectivity index (χ0) is 21.0. The molecule has 1 aliphatic rings. The van der Waals surface area contributed by atoms with Gasteiger partial charge in [0.25, 0.3) is 5.91 Å². The van der Waals surface area contributed by atoms with Gasteiger partial charge in [-0.15, -0.1) is 0 Å². The minimum absolute atomic E-state index is 0.0434. The highest BCUT2D eigenvalue weighted by molar-refractivity contribution is 5.98. The average molecular weight is 406 g/mol. The Kier molecular flexibility index (Phi) is 6.42. The van der Waals surface area contributed by atoms with E-state index >= 15 is 0 Å². The SMILES string of the molecule is CN(C)c1ncccc1C(=O)N1CCCN(Cc2ccc(C(F)(F)F)cc2)CC1. The Bertz CT molecular complexity index is 837. The molecular formula is C21H25F3N4O. The first-order valence-corrected chi connectivity index (χ1v) is 9.56. The standard InChI is InChI=1S/C21H25F3N4O/c1-26(2)19-18(5-3-10-25-19)20(29)28-12-4-11-27(13-14-28)15-16-6-8-17(9-7-16)21(22,23)24/h3,5-10H,4,11-15H2,1-2H3. The highest BCUT2D eigenvalue weighted by Gasteiger charge is 2.30. The minimum atomic E-state index is -4.32. The monoisotopic (exact) mass is 406 g/mol. The summed E-state index contributed by atoms with van der Waals surface area (Å²) in [6.07, 6.45) is -1.84. The van der Waals surface area contributed by atoms with Crippen LogP contribution >= 0.6 is 0 Å². The molecule has 29 heavy (non-hydrogen) atoms. The van der Waals surface area contributed by atoms with Crippen LogP contribution in [-0.4, -0.2) is 61.0 Å². The van der Waals surface area contributed by atoms with E-state index < -0.39 is 11.7 Å². The van der Waals surface area contributed by atoms with Gasteiger partial charge in [-0.3, -0.25) is 9.69 Å². The molecule has 2 heterocycles. The summed E-state index contributed by atoms with van der Waals surface area (Å²) in [5.74, 6) is 0.599. The number of carbonyl (C=O) groups is 1. The Hall–Kier alpha value is -2.61. The molecule has 0 spiro atoms. The first-order chi connectivity index (χ1) is 13.8. The number of carbonyl (C=O) groups excluding carboxylic acids is 1. The van der Waals surface area contributed by atoms with Crippen molar-refractivity contribution in [1.82, 2.24) is 14.8 Å². The molecule has 1 aliphatic heterocycles. The number of nitrogens with zero attached hydrogens (tertiary/aromatic N) is 4. The van der Waals surface area contributed by atoms with Crippen molar-refractivity contribution in [2.75, 3.05) is 45.2 Å². The van der Waals surface area contributed by atoms with Crippen LogP contribution in [0.15, 0.2) is 42.6 Å². The number of amides is 1. The van der Waals surface area contributed by atoms with Crippen molar-refractivity contribution in [3.63, 3.8) is 0 Å². The number of pyridine rings is 1. The molecule has 0 aliphatic carbocycles. The molecule has 0 N–H and O–H groups in total. The predicted molar refractivity (Wildman–Crippen MR) is 106 cm³/mol. The summed E-state index contributed by atoms with van der Waals surface area (Å²) in [5.41, 5.74) is 0.774. The van der Waals surface area contributed by atoms with Crippen molar-refractivity contribution in [3.05, 3.63) is 59.3 Å². The van der Waals surface area contributed by atoms with E-state index in [9.17, 15) is 18.0 Å². The maximum atomic E-state index is 13.0. The average Bonchev–Trinajstić information content (AvgIpc) is 2.93. The number of rotatable bonds is 4. The number of benzene rings is 1. The highest BCUT2D eigenvalue weighted by atomic mass is 19.4. The maximum absolute atomic E-state index is 13.0. The van der Waals surface area contributed by atoms with E-state index in [2.05, 4.69) is 9.88 Å². The van der Waals surface area contributed by atoms with Crippen LogP contribution in [0.3, 0.4) is 0 Å². The van der Waals surface area contributed by atoms with Crippen LogP contribution in [0.5, 0.6) is 0 Å². The number of halogens is 3. The Morgan fingerprint density at radius 3 is 2.45 bits per heavy atom. The molecule has 1 amide bonds. The molecule has 0 bridgehead atoms. The van der Waals surface area contributed by atoms with Crippen molar-refractivity contribution in [2.45, 2.75) is 19.1 Å².